The van der Waals surface area contributed by atoms with Crippen molar-refractivity contribution >= 4 is 5.97 Å². The minimum Gasteiger partial charge on any atom is -0.459 e. The summed E-state index contributed by atoms with van der Waals surface area (Å²) in [7, 11) is 0. The molecule has 0 aliphatic heterocycles. The lowest BCUT2D eigenvalue weighted by molar-refractivity contribution is -0.155. The van der Waals surface area contributed by atoms with Gasteiger partial charge in [0.25, 0.3) is 0 Å². The van der Waals surface area contributed by atoms with E-state index < -0.39 is 12.1 Å². The van der Waals surface area contributed by atoms with Crippen molar-refractivity contribution in [3.8, 4) is 6.07 Å². The Morgan fingerprint density at radius 3 is 2.40 bits per heavy atom. The second-order valence-corrected chi connectivity index (χ2v) is 4.23. The molecule has 0 aliphatic carbocycles. The van der Waals surface area contributed by atoms with E-state index in [-0.39, 0.29) is 6.61 Å². The Morgan fingerprint density at radius 1 is 1.15 bits per heavy atom. The van der Waals surface area contributed by atoms with Crippen molar-refractivity contribution in [2.75, 3.05) is 0 Å². The standard InChI is InChI=1S/C16H13NO3/c17-10-12-6-8-13(9-7-12)11-20-16(19)15(18)14-4-2-1-3-5-14/h1-9,15,18H,11H2. The molecule has 100 valence electrons. The summed E-state index contributed by atoms with van der Waals surface area (Å²) >= 11 is 0. The highest BCUT2D eigenvalue weighted by Gasteiger charge is 2.18. The van der Waals surface area contributed by atoms with Crippen LogP contribution < -0.4 is 0 Å². The second-order valence-electron chi connectivity index (χ2n) is 4.23. The van der Waals surface area contributed by atoms with Crippen molar-refractivity contribution in [1.82, 2.24) is 0 Å². The van der Waals surface area contributed by atoms with Crippen LogP contribution in [-0.4, -0.2) is 11.1 Å². The van der Waals surface area contributed by atoms with Gasteiger partial charge < -0.3 is 9.84 Å². The third kappa shape index (κ3) is 3.44. The summed E-state index contributed by atoms with van der Waals surface area (Å²) in [6, 6.07) is 17.3. The molecule has 0 saturated heterocycles. The zero-order chi connectivity index (χ0) is 14.4. The number of ether oxygens (including phenoxy) is 1. The Balaban J connectivity index is 1.93. The molecule has 0 aliphatic rings. The number of esters is 1. The summed E-state index contributed by atoms with van der Waals surface area (Å²) in [5.41, 5.74) is 1.80. The molecule has 2 rings (SSSR count). The number of hydrogen-bond acceptors (Lipinski definition) is 4. The molecule has 0 amide bonds. The maximum absolute atomic E-state index is 11.7. The maximum Gasteiger partial charge on any atom is 0.339 e. The number of carbonyl (C=O) groups excluding carboxylic acids is 1. The van der Waals surface area contributed by atoms with Crippen LogP contribution in [0.1, 0.15) is 22.8 Å². The van der Waals surface area contributed by atoms with Gasteiger partial charge in [-0.05, 0) is 23.3 Å². The molecular formula is C16H13NO3. The number of aliphatic hydroxyl groups is 1. The monoisotopic (exact) mass is 267 g/mol. The van der Waals surface area contributed by atoms with Crippen molar-refractivity contribution in [3.05, 3.63) is 71.3 Å². The van der Waals surface area contributed by atoms with E-state index in [0.29, 0.717) is 11.1 Å². The minimum absolute atomic E-state index is 0.0639. The van der Waals surface area contributed by atoms with E-state index in [0.717, 1.165) is 5.56 Å². The molecule has 1 N–H and O–H groups in total. The quantitative estimate of drug-likeness (QED) is 0.863. The van der Waals surface area contributed by atoms with Gasteiger partial charge in [-0.25, -0.2) is 4.79 Å². The van der Waals surface area contributed by atoms with Gasteiger partial charge in [0, 0.05) is 0 Å². The van der Waals surface area contributed by atoms with E-state index in [1.807, 2.05) is 6.07 Å². The van der Waals surface area contributed by atoms with Crippen molar-refractivity contribution < 1.29 is 14.6 Å². The molecule has 0 fully saturated rings. The zero-order valence-electron chi connectivity index (χ0n) is 10.7. The van der Waals surface area contributed by atoms with Crippen LogP contribution in [0.3, 0.4) is 0 Å². The lowest BCUT2D eigenvalue weighted by Gasteiger charge is -2.10. The predicted molar refractivity (Wildman–Crippen MR) is 72.4 cm³/mol. The van der Waals surface area contributed by atoms with E-state index in [4.69, 9.17) is 10.00 Å². The molecule has 1 unspecified atom stereocenters. The van der Waals surface area contributed by atoms with Crippen LogP contribution in [0.2, 0.25) is 0 Å². The van der Waals surface area contributed by atoms with E-state index in [9.17, 15) is 9.90 Å². The summed E-state index contributed by atoms with van der Waals surface area (Å²) in [4.78, 5) is 11.7. The van der Waals surface area contributed by atoms with Gasteiger partial charge in [0.15, 0.2) is 6.10 Å². The van der Waals surface area contributed by atoms with Crippen LogP contribution in [0.4, 0.5) is 0 Å². The van der Waals surface area contributed by atoms with Gasteiger partial charge in [-0.15, -0.1) is 0 Å². The number of hydrogen-bond donors (Lipinski definition) is 1. The summed E-state index contributed by atoms with van der Waals surface area (Å²) in [6.45, 7) is 0.0639. The van der Waals surface area contributed by atoms with E-state index >= 15 is 0 Å². The molecule has 2 aromatic carbocycles. The number of aliphatic hydroxyl groups excluding tert-OH is 1. The van der Waals surface area contributed by atoms with Gasteiger partial charge in [-0.1, -0.05) is 42.5 Å². The Labute approximate surface area is 116 Å². The molecular weight excluding hydrogens is 254 g/mol. The molecule has 4 heteroatoms. The molecule has 0 spiro atoms. The SMILES string of the molecule is N#Cc1ccc(COC(=O)C(O)c2ccccc2)cc1. The highest BCUT2D eigenvalue weighted by Crippen LogP contribution is 2.15. The summed E-state index contributed by atoms with van der Waals surface area (Å²) < 4.78 is 5.05. The average molecular weight is 267 g/mol. The molecule has 0 radical (unpaired) electrons. The van der Waals surface area contributed by atoms with Crippen LogP contribution in [-0.2, 0) is 16.1 Å². The minimum atomic E-state index is -1.28. The van der Waals surface area contributed by atoms with Gasteiger partial charge in [-0.3, -0.25) is 0 Å². The van der Waals surface area contributed by atoms with Gasteiger partial charge in [0.05, 0.1) is 11.6 Å². The van der Waals surface area contributed by atoms with Crippen molar-refractivity contribution in [2.45, 2.75) is 12.7 Å². The van der Waals surface area contributed by atoms with Gasteiger partial charge in [0.1, 0.15) is 6.61 Å². The average Bonchev–Trinajstić information content (AvgIpc) is 2.53. The largest absolute Gasteiger partial charge is 0.459 e. The first-order valence-corrected chi connectivity index (χ1v) is 6.09. The van der Waals surface area contributed by atoms with Crippen LogP contribution in [0.15, 0.2) is 54.6 Å². The normalized spacial score (nSPS) is 11.4. The van der Waals surface area contributed by atoms with Crippen LogP contribution in [0.5, 0.6) is 0 Å². The fourth-order valence-electron chi connectivity index (χ4n) is 1.68. The van der Waals surface area contributed by atoms with Crippen LogP contribution in [0, 0.1) is 11.3 Å². The lowest BCUT2D eigenvalue weighted by atomic mass is 10.1. The molecule has 0 aromatic heterocycles. The summed E-state index contributed by atoms with van der Waals surface area (Å²) in [5.74, 6) is -0.694. The lowest BCUT2D eigenvalue weighted by Crippen LogP contribution is -2.15. The van der Waals surface area contributed by atoms with Crippen molar-refractivity contribution in [3.63, 3.8) is 0 Å². The van der Waals surface area contributed by atoms with Crippen molar-refractivity contribution in [2.24, 2.45) is 0 Å². The Bertz CT molecular complexity index is 614. The molecule has 2 aromatic rings. The molecule has 1 atom stereocenters. The predicted octanol–water partition coefficient (Wildman–Crippen LogP) is 2.34. The number of nitriles is 1. The van der Waals surface area contributed by atoms with E-state index in [2.05, 4.69) is 0 Å². The highest BCUT2D eigenvalue weighted by molar-refractivity contribution is 5.76. The number of rotatable bonds is 4. The Hall–Kier alpha value is -2.64. The molecule has 0 saturated carbocycles. The highest BCUT2D eigenvalue weighted by atomic mass is 16.5. The topological polar surface area (TPSA) is 70.3 Å². The number of benzene rings is 2. The van der Waals surface area contributed by atoms with Crippen molar-refractivity contribution in [1.29, 1.82) is 5.26 Å². The third-order valence-electron chi connectivity index (χ3n) is 2.80. The molecule has 4 nitrogen and oxygen atoms in total. The van der Waals surface area contributed by atoms with E-state index in [1.54, 1.807) is 54.6 Å². The zero-order valence-corrected chi connectivity index (χ0v) is 10.7. The van der Waals surface area contributed by atoms with Crippen LogP contribution >= 0.6 is 0 Å². The molecule has 0 heterocycles. The maximum atomic E-state index is 11.7. The van der Waals surface area contributed by atoms with Gasteiger partial charge in [0.2, 0.25) is 0 Å². The number of nitrogens with zero attached hydrogens (tertiary/aromatic N) is 1. The van der Waals surface area contributed by atoms with Gasteiger partial charge in [-0.2, -0.15) is 5.26 Å². The Kier molecular flexibility index (Phi) is 4.48. The summed E-state index contributed by atoms with van der Waals surface area (Å²) in [6.07, 6.45) is -1.28. The van der Waals surface area contributed by atoms with Crippen LogP contribution in [0.25, 0.3) is 0 Å². The smallest absolute Gasteiger partial charge is 0.339 e. The van der Waals surface area contributed by atoms with Gasteiger partial charge >= 0.3 is 5.97 Å². The molecule has 0 bridgehead atoms. The fourth-order valence-corrected chi connectivity index (χ4v) is 1.68. The second kappa shape index (κ2) is 6.50. The van der Waals surface area contributed by atoms with E-state index in [1.165, 1.54) is 0 Å². The third-order valence-corrected chi connectivity index (χ3v) is 2.80. The first kappa shape index (κ1) is 13.8. The molecule has 20 heavy (non-hydrogen) atoms. The number of carbonyl (C=O) groups is 1. The Morgan fingerprint density at radius 2 is 1.80 bits per heavy atom. The fraction of sp³-hybridized carbons (Fsp3) is 0.125. The summed E-state index contributed by atoms with van der Waals surface area (Å²) in [5, 5.41) is 18.5. The first-order chi connectivity index (χ1) is 9.70. The first-order valence-electron chi connectivity index (χ1n) is 6.09.